The summed E-state index contributed by atoms with van der Waals surface area (Å²) in [6, 6.07) is 23.1. The number of hydrogen-bond acceptors (Lipinski definition) is 3. The van der Waals surface area contributed by atoms with Gasteiger partial charge in [-0.15, -0.1) is 0 Å². The summed E-state index contributed by atoms with van der Waals surface area (Å²) in [5, 5.41) is 3.50. The summed E-state index contributed by atoms with van der Waals surface area (Å²) in [4.78, 5) is 4.58. The number of nitrogens with zero attached hydrogens (tertiary/aromatic N) is 2. The highest BCUT2D eigenvalue weighted by Gasteiger charge is 2.06. The quantitative estimate of drug-likeness (QED) is 0.468. The number of imidazole rings is 1. The minimum atomic E-state index is 0.560. The van der Waals surface area contributed by atoms with Crippen molar-refractivity contribution in [3.05, 3.63) is 84.2 Å². The van der Waals surface area contributed by atoms with Gasteiger partial charge in [0, 0.05) is 17.9 Å². The van der Waals surface area contributed by atoms with Crippen LogP contribution < -0.4 is 10.1 Å². The Kier molecular flexibility index (Phi) is 5.02. The molecule has 1 heterocycles. The van der Waals surface area contributed by atoms with Crippen molar-refractivity contribution in [2.45, 2.75) is 26.3 Å². The first-order chi connectivity index (χ1) is 13.6. The van der Waals surface area contributed by atoms with Crippen LogP contribution >= 0.6 is 0 Å². The summed E-state index contributed by atoms with van der Waals surface area (Å²) in [6.07, 6.45) is 1.86. The lowest BCUT2D eigenvalue weighted by molar-refractivity contribution is 0.415. The first kappa shape index (κ1) is 18.1. The molecular weight excluding hydrogens is 346 g/mol. The van der Waals surface area contributed by atoms with Gasteiger partial charge in [-0.2, -0.15) is 0 Å². The number of methoxy groups -OCH3 is 1. The molecule has 142 valence electrons. The van der Waals surface area contributed by atoms with E-state index in [4.69, 9.17) is 4.74 Å². The molecule has 4 nitrogen and oxygen atoms in total. The second kappa shape index (κ2) is 7.77. The second-order valence-electron chi connectivity index (χ2n) is 7.27. The van der Waals surface area contributed by atoms with E-state index in [2.05, 4.69) is 71.2 Å². The van der Waals surface area contributed by atoms with Crippen LogP contribution in [0.5, 0.6) is 5.75 Å². The molecule has 0 aliphatic heterocycles. The van der Waals surface area contributed by atoms with Gasteiger partial charge in [0.05, 0.1) is 18.1 Å². The molecule has 3 aromatic carbocycles. The molecule has 4 rings (SSSR count). The molecule has 1 aromatic heterocycles. The lowest BCUT2D eigenvalue weighted by Gasteiger charge is -2.10. The molecule has 0 atom stereocenters. The van der Waals surface area contributed by atoms with Crippen molar-refractivity contribution in [2.24, 2.45) is 0 Å². The zero-order chi connectivity index (χ0) is 19.5. The molecule has 0 saturated carbocycles. The van der Waals surface area contributed by atoms with E-state index >= 15 is 0 Å². The van der Waals surface area contributed by atoms with Crippen molar-refractivity contribution in [1.82, 2.24) is 9.55 Å². The summed E-state index contributed by atoms with van der Waals surface area (Å²) in [5.74, 6) is 1.41. The minimum absolute atomic E-state index is 0.560. The molecule has 0 bridgehead atoms. The summed E-state index contributed by atoms with van der Waals surface area (Å²) in [5.41, 5.74) is 6.82. The van der Waals surface area contributed by atoms with Gasteiger partial charge in [-0.1, -0.05) is 38.1 Å². The maximum atomic E-state index is 5.24. The molecule has 28 heavy (non-hydrogen) atoms. The molecular formula is C24H25N3O. The molecule has 0 fully saturated rings. The van der Waals surface area contributed by atoms with Crippen LogP contribution in [0.4, 0.5) is 5.69 Å². The normalized spacial score (nSPS) is 11.1. The van der Waals surface area contributed by atoms with E-state index in [1.807, 2.05) is 30.6 Å². The smallest absolute Gasteiger partial charge is 0.119 e. The van der Waals surface area contributed by atoms with Gasteiger partial charge in [0.1, 0.15) is 12.1 Å². The fraction of sp³-hybridized carbons (Fsp3) is 0.208. The van der Waals surface area contributed by atoms with E-state index in [1.54, 1.807) is 7.11 Å². The third kappa shape index (κ3) is 3.72. The first-order valence-electron chi connectivity index (χ1n) is 9.58. The number of rotatable bonds is 6. The first-order valence-corrected chi connectivity index (χ1v) is 9.58. The number of anilines is 1. The Morgan fingerprint density at radius 2 is 1.71 bits per heavy atom. The van der Waals surface area contributed by atoms with Crippen molar-refractivity contribution in [3.63, 3.8) is 0 Å². The third-order valence-electron chi connectivity index (χ3n) is 5.04. The summed E-state index contributed by atoms with van der Waals surface area (Å²) >= 11 is 0. The maximum absolute atomic E-state index is 5.24. The monoisotopic (exact) mass is 371 g/mol. The lowest BCUT2D eigenvalue weighted by Crippen LogP contribution is -2.00. The van der Waals surface area contributed by atoms with Gasteiger partial charge >= 0.3 is 0 Å². The van der Waals surface area contributed by atoms with Crippen LogP contribution in [0.25, 0.3) is 16.7 Å². The Morgan fingerprint density at radius 3 is 2.39 bits per heavy atom. The minimum Gasteiger partial charge on any atom is -0.497 e. The van der Waals surface area contributed by atoms with Gasteiger partial charge in [-0.3, -0.25) is 4.57 Å². The number of fused-ring (bicyclic) bond motifs is 1. The van der Waals surface area contributed by atoms with Crippen LogP contribution in [-0.4, -0.2) is 16.7 Å². The van der Waals surface area contributed by atoms with E-state index < -0.39 is 0 Å². The van der Waals surface area contributed by atoms with Crippen molar-refractivity contribution in [1.29, 1.82) is 0 Å². The zero-order valence-electron chi connectivity index (χ0n) is 16.5. The molecule has 0 amide bonds. The van der Waals surface area contributed by atoms with Crippen LogP contribution in [0.15, 0.2) is 73.1 Å². The predicted octanol–water partition coefficient (Wildman–Crippen LogP) is 5.77. The third-order valence-corrected chi connectivity index (χ3v) is 5.04. The largest absolute Gasteiger partial charge is 0.497 e. The Bertz CT molecular complexity index is 1060. The molecule has 4 aromatic rings. The topological polar surface area (TPSA) is 39.1 Å². The van der Waals surface area contributed by atoms with Crippen LogP contribution in [0.1, 0.15) is 30.9 Å². The molecule has 1 N–H and O–H groups in total. The van der Waals surface area contributed by atoms with Crippen LogP contribution in [0, 0.1) is 0 Å². The molecule has 4 heteroatoms. The van der Waals surface area contributed by atoms with E-state index in [0.29, 0.717) is 5.92 Å². The van der Waals surface area contributed by atoms with Crippen molar-refractivity contribution < 1.29 is 4.74 Å². The number of benzene rings is 3. The fourth-order valence-electron chi connectivity index (χ4n) is 3.30. The molecule has 0 aliphatic rings. The van der Waals surface area contributed by atoms with E-state index in [1.165, 1.54) is 11.1 Å². The van der Waals surface area contributed by atoms with E-state index in [-0.39, 0.29) is 0 Å². The Labute approximate surface area is 165 Å². The van der Waals surface area contributed by atoms with Crippen molar-refractivity contribution >= 4 is 16.7 Å². The Balaban J connectivity index is 1.50. The number of ether oxygens (including phenoxy) is 1. The van der Waals surface area contributed by atoms with Gasteiger partial charge in [0.25, 0.3) is 0 Å². The fourth-order valence-corrected chi connectivity index (χ4v) is 3.30. The van der Waals surface area contributed by atoms with Gasteiger partial charge in [-0.25, -0.2) is 4.98 Å². The number of nitrogens with one attached hydrogen (secondary N) is 1. The number of aromatic nitrogens is 2. The summed E-state index contributed by atoms with van der Waals surface area (Å²) in [7, 11) is 1.68. The molecule has 0 radical (unpaired) electrons. The standard InChI is InChI=1S/C24H25N3O/c1-17(2)19-6-4-18(5-7-19)15-25-20-8-13-24-23(14-20)26-16-27(24)21-9-11-22(28-3)12-10-21/h4-14,16-17,25H,15H2,1-3H3. The SMILES string of the molecule is COc1ccc(-n2cnc3cc(NCc4ccc(C(C)C)cc4)ccc32)cc1. The van der Waals surface area contributed by atoms with E-state index in [9.17, 15) is 0 Å². The summed E-state index contributed by atoms with van der Waals surface area (Å²) in [6.45, 7) is 5.23. The maximum Gasteiger partial charge on any atom is 0.119 e. The highest BCUT2D eigenvalue weighted by atomic mass is 16.5. The van der Waals surface area contributed by atoms with Crippen molar-refractivity contribution in [2.75, 3.05) is 12.4 Å². The van der Waals surface area contributed by atoms with Gasteiger partial charge < -0.3 is 10.1 Å². The Hall–Kier alpha value is -3.27. The van der Waals surface area contributed by atoms with E-state index in [0.717, 1.165) is 34.7 Å². The average Bonchev–Trinajstić information content (AvgIpc) is 3.16. The van der Waals surface area contributed by atoms with Crippen LogP contribution in [0.3, 0.4) is 0 Å². The highest BCUT2D eigenvalue weighted by Crippen LogP contribution is 2.23. The van der Waals surface area contributed by atoms with Gasteiger partial charge in [0.15, 0.2) is 0 Å². The average molecular weight is 371 g/mol. The predicted molar refractivity (Wildman–Crippen MR) is 115 cm³/mol. The molecule has 0 unspecified atom stereocenters. The summed E-state index contributed by atoms with van der Waals surface area (Å²) < 4.78 is 7.32. The van der Waals surface area contributed by atoms with Crippen LogP contribution in [0.2, 0.25) is 0 Å². The van der Waals surface area contributed by atoms with Gasteiger partial charge in [0.2, 0.25) is 0 Å². The lowest BCUT2D eigenvalue weighted by atomic mass is 10.0. The number of hydrogen-bond donors (Lipinski definition) is 1. The Morgan fingerprint density at radius 1 is 0.964 bits per heavy atom. The molecule has 0 aliphatic carbocycles. The highest BCUT2D eigenvalue weighted by molar-refractivity contribution is 5.81. The van der Waals surface area contributed by atoms with Crippen LogP contribution in [-0.2, 0) is 6.54 Å². The van der Waals surface area contributed by atoms with Gasteiger partial charge in [-0.05, 0) is 59.5 Å². The zero-order valence-corrected chi connectivity index (χ0v) is 16.5. The molecule has 0 spiro atoms. The molecule has 0 saturated heterocycles. The van der Waals surface area contributed by atoms with Crippen molar-refractivity contribution in [3.8, 4) is 11.4 Å². The second-order valence-corrected chi connectivity index (χ2v) is 7.27.